The molecule has 2 aliphatic heterocycles. The van der Waals surface area contributed by atoms with E-state index >= 15 is 0 Å². The third kappa shape index (κ3) is 3.06. The zero-order valence-corrected chi connectivity index (χ0v) is 15.4. The van der Waals surface area contributed by atoms with E-state index < -0.39 is 10.0 Å². The number of likely N-dealkylation sites (N-methyl/N-ethyl adjacent to an activating group) is 1. The van der Waals surface area contributed by atoms with Gasteiger partial charge in [0, 0.05) is 19.7 Å². The minimum Gasteiger partial charge on any atom is -0.490 e. The van der Waals surface area contributed by atoms with E-state index in [2.05, 4.69) is 9.62 Å². The Balaban J connectivity index is 1.57. The van der Waals surface area contributed by atoms with Gasteiger partial charge < -0.3 is 19.1 Å². The molecule has 0 saturated carbocycles. The zero-order valence-electron chi connectivity index (χ0n) is 14.6. The smallest absolute Gasteiger partial charge is 0.241 e. The van der Waals surface area contributed by atoms with Crippen LogP contribution in [0.15, 0.2) is 35.2 Å². The van der Waals surface area contributed by atoms with Crippen LogP contribution in [0.3, 0.4) is 0 Å². The maximum atomic E-state index is 12.8. The first-order valence-electron chi connectivity index (χ1n) is 8.31. The number of hydrogen-bond donors (Lipinski definition) is 1. The number of ether oxygens (including phenoxy) is 3. The first kappa shape index (κ1) is 17.0. The van der Waals surface area contributed by atoms with Gasteiger partial charge in [-0.25, -0.2) is 13.1 Å². The molecule has 0 amide bonds. The van der Waals surface area contributed by atoms with Crippen LogP contribution in [0.4, 0.5) is 5.69 Å². The Morgan fingerprint density at radius 2 is 1.88 bits per heavy atom. The molecule has 0 bridgehead atoms. The summed E-state index contributed by atoms with van der Waals surface area (Å²) in [7, 11) is -1.71. The fraction of sp³-hybridized carbons (Fsp3) is 0.333. The van der Waals surface area contributed by atoms with Crippen LogP contribution in [0.1, 0.15) is 11.1 Å². The quantitative estimate of drug-likeness (QED) is 0.880. The first-order valence-corrected chi connectivity index (χ1v) is 9.79. The number of rotatable bonds is 4. The second-order valence-corrected chi connectivity index (χ2v) is 8.10. The van der Waals surface area contributed by atoms with E-state index in [1.807, 2.05) is 19.2 Å². The standard InChI is InChI=1S/C18H20N2O5S/c1-12-7-14-16(23-6-5-20(14)2)9-18(12)26(21,22)19-10-13-3-4-15-17(8-13)25-11-24-15/h3-4,7-9,19H,5-6,10-11H2,1-2H3. The Labute approximate surface area is 152 Å². The van der Waals surface area contributed by atoms with Crippen LogP contribution in [0.5, 0.6) is 17.2 Å². The van der Waals surface area contributed by atoms with Gasteiger partial charge in [-0.3, -0.25) is 0 Å². The van der Waals surface area contributed by atoms with E-state index in [9.17, 15) is 8.42 Å². The van der Waals surface area contributed by atoms with Gasteiger partial charge in [0.2, 0.25) is 16.8 Å². The van der Waals surface area contributed by atoms with Crippen molar-refractivity contribution in [3.05, 3.63) is 41.5 Å². The molecule has 2 aromatic carbocycles. The van der Waals surface area contributed by atoms with Crippen molar-refractivity contribution in [3.63, 3.8) is 0 Å². The molecule has 8 heteroatoms. The molecule has 0 spiro atoms. The summed E-state index contributed by atoms with van der Waals surface area (Å²) in [5, 5.41) is 0. The topological polar surface area (TPSA) is 77.1 Å². The number of hydrogen-bond acceptors (Lipinski definition) is 6. The van der Waals surface area contributed by atoms with Crippen molar-refractivity contribution in [2.45, 2.75) is 18.4 Å². The largest absolute Gasteiger partial charge is 0.490 e. The predicted molar refractivity (Wildman–Crippen MR) is 96.5 cm³/mol. The third-order valence-electron chi connectivity index (χ3n) is 4.54. The molecule has 7 nitrogen and oxygen atoms in total. The second-order valence-electron chi connectivity index (χ2n) is 6.37. The second kappa shape index (κ2) is 6.37. The molecule has 0 atom stereocenters. The average molecular weight is 376 g/mol. The molecule has 2 heterocycles. The summed E-state index contributed by atoms with van der Waals surface area (Å²) in [5.41, 5.74) is 2.38. The van der Waals surface area contributed by atoms with E-state index in [0.29, 0.717) is 29.4 Å². The Hall–Kier alpha value is -2.45. The number of benzene rings is 2. The van der Waals surface area contributed by atoms with E-state index in [4.69, 9.17) is 14.2 Å². The SMILES string of the molecule is Cc1cc2c(cc1S(=O)(=O)NCc1ccc3c(c1)OCO3)OCCN2C. The lowest BCUT2D eigenvalue weighted by molar-refractivity contribution is 0.174. The molecule has 0 aliphatic carbocycles. The number of aryl methyl sites for hydroxylation is 1. The number of sulfonamides is 1. The molecule has 4 rings (SSSR count). The molecule has 26 heavy (non-hydrogen) atoms. The van der Waals surface area contributed by atoms with Gasteiger partial charge in [0.1, 0.15) is 12.4 Å². The third-order valence-corrected chi connectivity index (χ3v) is 6.09. The molecule has 0 aromatic heterocycles. The molecule has 1 N–H and O–H groups in total. The number of nitrogens with one attached hydrogen (secondary N) is 1. The van der Waals surface area contributed by atoms with E-state index in [1.165, 1.54) is 0 Å². The van der Waals surface area contributed by atoms with Crippen molar-refractivity contribution in [2.24, 2.45) is 0 Å². The molecule has 2 aliphatic rings. The van der Waals surface area contributed by atoms with Crippen LogP contribution in [0.25, 0.3) is 0 Å². The van der Waals surface area contributed by atoms with Gasteiger partial charge in [-0.2, -0.15) is 0 Å². The molecule has 0 saturated heterocycles. The van der Waals surface area contributed by atoms with Crippen LogP contribution in [-0.2, 0) is 16.6 Å². The highest BCUT2D eigenvalue weighted by molar-refractivity contribution is 7.89. The maximum absolute atomic E-state index is 12.8. The van der Waals surface area contributed by atoms with Crippen molar-refractivity contribution in [1.29, 1.82) is 0 Å². The molecular formula is C18H20N2O5S. The van der Waals surface area contributed by atoms with Crippen LogP contribution in [-0.4, -0.2) is 35.4 Å². The zero-order chi connectivity index (χ0) is 18.3. The molecule has 0 radical (unpaired) electrons. The average Bonchev–Trinajstić information content (AvgIpc) is 3.08. The van der Waals surface area contributed by atoms with Crippen molar-refractivity contribution in [3.8, 4) is 17.2 Å². The van der Waals surface area contributed by atoms with Crippen molar-refractivity contribution < 1.29 is 22.6 Å². The monoisotopic (exact) mass is 376 g/mol. The molecule has 138 valence electrons. The summed E-state index contributed by atoms with van der Waals surface area (Å²) in [6.07, 6.45) is 0. The molecule has 0 fully saturated rings. The van der Waals surface area contributed by atoms with Crippen molar-refractivity contribution >= 4 is 15.7 Å². The van der Waals surface area contributed by atoms with Gasteiger partial charge in [0.05, 0.1) is 17.1 Å². The van der Waals surface area contributed by atoms with Crippen LogP contribution in [0.2, 0.25) is 0 Å². The highest BCUT2D eigenvalue weighted by Gasteiger charge is 2.23. The normalized spacial score (nSPS) is 15.5. The Bertz CT molecular complexity index is 958. The highest BCUT2D eigenvalue weighted by Crippen LogP contribution is 2.35. The Morgan fingerprint density at radius 1 is 1.08 bits per heavy atom. The first-order chi connectivity index (χ1) is 12.4. The van der Waals surface area contributed by atoms with Crippen molar-refractivity contribution in [2.75, 3.05) is 31.9 Å². The summed E-state index contributed by atoms with van der Waals surface area (Å²) >= 11 is 0. The van der Waals surface area contributed by atoms with E-state index in [0.717, 1.165) is 17.8 Å². The number of fused-ring (bicyclic) bond motifs is 2. The van der Waals surface area contributed by atoms with Gasteiger partial charge in [-0.05, 0) is 36.2 Å². The van der Waals surface area contributed by atoms with Gasteiger partial charge in [0.15, 0.2) is 11.5 Å². The Morgan fingerprint density at radius 3 is 2.73 bits per heavy atom. The fourth-order valence-corrected chi connectivity index (χ4v) is 4.33. The van der Waals surface area contributed by atoms with Crippen LogP contribution in [0, 0.1) is 6.92 Å². The maximum Gasteiger partial charge on any atom is 0.241 e. The fourth-order valence-electron chi connectivity index (χ4n) is 3.08. The minimum absolute atomic E-state index is 0.163. The minimum atomic E-state index is -3.67. The lowest BCUT2D eigenvalue weighted by atomic mass is 10.1. The van der Waals surface area contributed by atoms with E-state index in [1.54, 1.807) is 25.1 Å². The number of nitrogens with zero attached hydrogens (tertiary/aromatic N) is 1. The molecular weight excluding hydrogens is 356 g/mol. The van der Waals surface area contributed by atoms with Gasteiger partial charge in [-0.15, -0.1) is 0 Å². The van der Waals surface area contributed by atoms with Crippen LogP contribution < -0.4 is 23.8 Å². The van der Waals surface area contributed by atoms with Crippen LogP contribution >= 0.6 is 0 Å². The van der Waals surface area contributed by atoms with E-state index in [-0.39, 0.29) is 18.2 Å². The lowest BCUT2D eigenvalue weighted by Crippen LogP contribution is -2.30. The predicted octanol–water partition coefficient (Wildman–Crippen LogP) is 2.03. The summed E-state index contributed by atoms with van der Waals surface area (Å²) < 4.78 is 44.5. The summed E-state index contributed by atoms with van der Waals surface area (Å²) in [6.45, 7) is 3.46. The Kier molecular flexibility index (Phi) is 4.16. The summed E-state index contributed by atoms with van der Waals surface area (Å²) in [4.78, 5) is 2.29. The van der Waals surface area contributed by atoms with Gasteiger partial charge in [-0.1, -0.05) is 6.07 Å². The molecule has 0 unspecified atom stereocenters. The van der Waals surface area contributed by atoms with Gasteiger partial charge in [0.25, 0.3) is 0 Å². The number of anilines is 1. The lowest BCUT2D eigenvalue weighted by Gasteiger charge is -2.28. The highest BCUT2D eigenvalue weighted by atomic mass is 32.2. The molecule has 2 aromatic rings. The van der Waals surface area contributed by atoms with Gasteiger partial charge >= 0.3 is 0 Å². The summed E-state index contributed by atoms with van der Waals surface area (Å²) in [6, 6.07) is 8.82. The summed E-state index contributed by atoms with van der Waals surface area (Å²) in [5.74, 6) is 1.89. The van der Waals surface area contributed by atoms with Crippen molar-refractivity contribution in [1.82, 2.24) is 4.72 Å².